The second-order valence-corrected chi connectivity index (χ2v) is 5.37. The summed E-state index contributed by atoms with van der Waals surface area (Å²) in [5, 5.41) is 13.4. The lowest BCUT2D eigenvalue weighted by Gasteiger charge is -2.31. The minimum absolute atomic E-state index is 0.0673. The fraction of sp³-hybridized carbons (Fsp3) is 0.714. The molecule has 1 aromatic rings. The van der Waals surface area contributed by atoms with Crippen LogP contribution in [0.4, 0.5) is 0 Å². The maximum Gasteiger partial charge on any atom is 0.306 e. The number of rotatable bonds is 6. The van der Waals surface area contributed by atoms with Crippen LogP contribution in [0.1, 0.15) is 38.4 Å². The molecule has 0 spiro atoms. The van der Waals surface area contributed by atoms with Crippen molar-refractivity contribution in [2.24, 2.45) is 0 Å². The Morgan fingerprint density at radius 3 is 3.15 bits per heavy atom. The van der Waals surface area contributed by atoms with Gasteiger partial charge in [-0.05, 0) is 19.4 Å². The summed E-state index contributed by atoms with van der Waals surface area (Å²) < 4.78 is 7.46. The van der Waals surface area contributed by atoms with Gasteiger partial charge in [-0.1, -0.05) is 6.92 Å². The molecule has 6 heteroatoms. The highest BCUT2D eigenvalue weighted by molar-refractivity contribution is 5.67. The molecule has 2 rings (SSSR count). The zero-order valence-corrected chi connectivity index (χ0v) is 12.2. The highest BCUT2D eigenvalue weighted by Gasteiger charge is 2.23. The Morgan fingerprint density at radius 1 is 1.65 bits per heavy atom. The van der Waals surface area contributed by atoms with E-state index in [9.17, 15) is 4.79 Å². The number of aromatic nitrogens is 2. The first-order chi connectivity index (χ1) is 9.58. The van der Waals surface area contributed by atoms with E-state index in [4.69, 9.17) is 9.84 Å². The Balaban J connectivity index is 1.89. The molecule has 1 aliphatic rings. The van der Waals surface area contributed by atoms with Crippen molar-refractivity contribution in [2.75, 3.05) is 19.7 Å². The highest BCUT2D eigenvalue weighted by atomic mass is 16.5. The van der Waals surface area contributed by atoms with Crippen molar-refractivity contribution in [1.82, 2.24) is 14.7 Å². The van der Waals surface area contributed by atoms with Crippen molar-refractivity contribution in [3.8, 4) is 0 Å². The minimum atomic E-state index is -0.808. The van der Waals surface area contributed by atoms with Crippen LogP contribution in [0.3, 0.4) is 0 Å². The molecular weight excluding hydrogens is 258 g/mol. The molecule has 0 amide bonds. The van der Waals surface area contributed by atoms with Crippen LogP contribution in [0, 0.1) is 0 Å². The highest BCUT2D eigenvalue weighted by Crippen LogP contribution is 2.14. The van der Waals surface area contributed by atoms with Gasteiger partial charge in [-0.2, -0.15) is 5.10 Å². The largest absolute Gasteiger partial charge is 0.481 e. The van der Waals surface area contributed by atoms with Crippen LogP contribution in [0.15, 0.2) is 12.3 Å². The fourth-order valence-corrected chi connectivity index (χ4v) is 2.37. The van der Waals surface area contributed by atoms with Crippen molar-refractivity contribution in [3.63, 3.8) is 0 Å². The molecule has 20 heavy (non-hydrogen) atoms. The van der Waals surface area contributed by atoms with Crippen LogP contribution in [-0.2, 0) is 16.1 Å². The fourth-order valence-electron chi connectivity index (χ4n) is 2.37. The number of carboxylic acid groups (broad SMARTS) is 1. The molecule has 1 aromatic heterocycles. The Labute approximate surface area is 119 Å². The van der Waals surface area contributed by atoms with E-state index >= 15 is 0 Å². The van der Waals surface area contributed by atoms with Gasteiger partial charge in [0, 0.05) is 31.9 Å². The smallest absolute Gasteiger partial charge is 0.306 e. The van der Waals surface area contributed by atoms with Crippen LogP contribution in [0.2, 0.25) is 0 Å². The number of morpholine rings is 1. The standard InChI is InChI=1S/C14H23N3O3/c1-3-11(2)17-5-4-12(15-17)9-16-6-7-20-13(10-16)8-14(18)19/h4-5,11,13H,3,6-10H2,1-2H3,(H,18,19). The lowest BCUT2D eigenvalue weighted by atomic mass is 10.2. The zero-order chi connectivity index (χ0) is 14.5. The molecule has 0 bridgehead atoms. The molecule has 0 radical (unpaired) electrons. The number of aliphatic carboxylic acids is 1. The van der Waals surface area contributed by atoms with E-state index in [0.29, 0.717) is 19.2 Å². The van der Waals surface area contributed by atoms with E-state index < -0.39 is 5.97 Å². The van der Waals surface area contributed by atoms with Crippen molar-refractivity contribution in [1.29, 1.82) is 0 Å². The third-order valence-electron chi connectivity index (χ3n) is 3.72. The number of ether oxygens (including phenoxy) is 1. The van der Waals surface area contributed by atoms with Crippen molar-refractivity contribution in [3.05, 3.63) is 18.0 Å². The molecule has 2 heterocycles. The van der Waals surface area contributed by atoms with E-state index in [2.05, 4.69) is 23.8 Å². The average Bonchev–Trinajstić information content (AvgIpc) is 2.86. The van der Waals surface area contributed by atoms with Crippen LogP contribution in [-0.4, -0.2) is 51.6 Å². The molecule has 112 valence electrons. The Kier molecular flexibility index (Phi) is 5.14. The molecule has 6 nitrogen and oxygen atoms in total. The maximum atomic E-state index is 10.7. The predicted molar refractivity (Wildman–Crippen MR) is 74.5 cm³/mol. The SMILES string of the molecule is CCC(C)n1ccc(CN2CCOC(CC(=O)O)C2)n1. The number of carbonyl (C=O) groups is 1. The van der Waals surface area contributed by atoms with Crippen LogP contribution in [0.5, 0.6) is 0 Å². The molecule has 0 aliphatic carbocycles. The molecule has 0 aromatic carbocycles. The van der Waals surface area contributed by atoms with Crippen LogP contribution in [0.25, 0.3) is 0 Å². The molecule has 2 unspecified atom stereocenters. The average molecular weight is 281 g/mol. The summed E-state index contributed by atoms with van der Waals surface area (Å²) >= 11 is 0. The summed E-state index contributed by atoms with van der Waals surface area (Å²) in [7, 11) is 0. The summed E-state index contributed by atoms with van der Waals surface area (Å²) in [6, 6.07) is 2.45. The molecule has 1 fully saturated rings. The van der Waals surface area contributed by atoms with Gasteiger partial charge in [-0.3, -0.25) is 14.4 Å². The number of hydrogen-bond acceptors (Lipinski definition) is 4. The van der Waals surface area contributed by atoms with E-state index in [-0.39, 0.29) is 12.5 Å². The molecule has 1 N–H and O–H groups in total. The number of nitrogens with zero attached hydrogens (tertiary/aromatic N) is 3. The minimum Gasteiger partial charge on any atom is -0.481 e. The second kappa shape index (κ2) is 6.85. The summed E-state index contributed by atoms with van der Waals surface area (Å²) in [6.07, 6.45) is 2.92. The van der Waals surface area contributed by atoms with Crippen molar-refractivity contribution < 1.29 is 14.6 Å². The van der Waals surface area contributed by atoms with Crippen molar-refractivity contribution >= 4 is 5.97 Å². The molecule has 1 saturated heterocycles. The normalized spacial score (nSPS) is 21.8. The Hall–Kier alpha value is -1.40. The van der Waals surface area contributed by atoms with E-state index in [1.54, 1.807) is 0 Å². The van der Waals surface area contributed by atoms with E-state index in [1.807, 2.05) is 16.9 Å². The lowest BCUT2D eigenvalue weighted by Crippen LogP contribution is -2.42. The van der Waals surface area contributed by atoms with Crippen LogP contribution < -0.4 is 0 Å². The van der Waals surface area contributed by atoms with Crippen molar-refractivity contribution in [2.45, 2.75) is 45.4 Å². The molecular formula is C14H23N3O3. The van der Waals surface area contributed by atoms with Gasteiger partial charge in [0.25, 0.3) is 0 Å². The molecule has 1 aliphatic heterocycles. The van der Waals surface area contributed by atoms with Crippen LogP contribution >= 0.6 is 0 Å². The Bertz CT molecular complexity index is 447. The molecule has 2 atom stereocenters. The summed E-state index contributed by atoms with van der Waals surface area (Å²) in [5.74, 6) is -0.808. The first-order valence-electron chi connectivity index (χ1n) is 7.18. The summed E-state index contributed by atoms with van der Waals surface area (Å²) in [6.45, 7) is 7.11. The van der Waals surface area contributed by atoms with E-state index in [0.717, 1.165) is 25.2 Å². The lowest BCUT2D eigenvalue weighted by molar-refractivity contribution is -0.142. The first-order valence-corrected chi connectivity index (χ1v) is 7.18. The monoisotopic (exact) mass is 281 g/mol. The molecule has 0 saturated carbocycles. The van der Waals surface area contributed by atoms with Gasteiger partial charge < -0.3 is 9.84 Å². The summed E-state index contributed by atoms with van der Waals surface area (Å²) in [5.41, 5.74) is 1.03. The third kappa shape index (κ3) is 4.05. The van der Waals surface area contributed by atoms with Gasteiger partial charge >= 0.3 is 5.97 Å². The predicted octanol–water partition coefficient (Wildman–Crippen LogP) is 1.53. The zero-order valence-electron chi connectivity index (χ0n) is 12.2. The van der Waals surface area contributed by atoms with Gasteiger partial charge in [0.05, 0.1) is 24.8 Å². The number of carboxylic acids is 1. The van der Waals surface area contributed by atoms with Gasteiger partial charge in [0.2, 0.25) is 0 Å². The van der Waals surface area contributed by atoms with Gasteiger partial charge in [0.1, 0.15) is 0 Å². The maximum absolute atomic E-state index is 10.7. The summed E-state index contributed by atoms with van der Waals surface area (Å²) in [4.78, 5) is 12.9. The van der Waals surface area contributed by atoms with Gasteiger partial charge in [0.15, 0.2) is 0 Å². The quantitative estimate of drug-likeness (QED) is 0.856. The first kappa shape index (κ1) is 15.0. The Morgan fingerprint density at radius 2 is 2.45 bits per heavy atom. The third-order valence-corrected chi connectivity index (χ3v) is 3.72. The van der Waals surface area contributed by atoms with E-state index in [1.165, 1.54) is 0 Å². The second-order valence-electron chi connectivity index (χ2n) is 5.37. The van der Waals surface area contributed by atoms with Gasteiger partial charge in [-0.25, -0.2) is 0 Å². The number of hydrogen-bond donors (Lipinski definition) is 1. The topological polar surface area (TPSA) is 67.6 Å². The van der Waals surface area contributed by atoms with Gasteiger partial charge in [-0.15, -0.1) is 0 Å².